The second-order valence-electron chi connectivity index (χ2n) is 8.85. The summed E-state index contributed by atoms with van der Waals surface area (Å²) in [6.45, 7) is 0.916. The van der Waals surface area contributed by atoms with Gasteiger partial charge in [0, 0.05) is 5.69 Å². The molecule has 32 heavy (non-hydrogen) atoms. The molecule has 1 aliphatic heterocycles. The standard InChI is InChI=1S/C21H27FN6O3S/c1-27(2)12-10-28-20(31-11-12)17(9-24-28)32(23,30)26-21(29)25-19-15-7-3-5-13(15)18(22)14-6-4-8-16(14)19/h9,12H,3-8,10-11H2,1-2H3,(H3,23,25,26,29,30)/t12-,32?/m1/s1. The summed E-state index contributed by atoms with van der Waals surface area (Å²) in [5.74, 6) is 0.118. The lowest BCUT2D eigenvalue weighted by Gasteiger charge is -2.29. The number of amides is 2. The van der Waals surface area contributed by atoms with Crippen LogP contribution in [0.2, 0.25) is 0 Å². The highest BCUT2D eigenvalue weighted by Crippen LogP contribution is 2.41. The van der Waals surface area contributed by atoms with Crippen LogP contribution in [0.5, 0.6) is 5.88 Å². The number of carbonyl (C=O) groups excluding carboxylic acids is 1. The number of nitrogens with zero attached hydrogens (tertiary/aromatic N) is 3. The Morgan fingerprint density at radius 2 is 1.84 bits per heavy atom. The van der Waals surface area contributed by atoms with Crippen molar-refractivity contribution in [1.82, 2.24) is 19.4 Å². The Morgan fingerprint density at radius 1 is 1.22 bits per heavy atom. The smallest absolute Gasteiger partial charge is 0.331 e. The number of aromatic nitrogens is 2. The van der Waals surface area contributed by atoms with Crippen LogP contribution >= 0.6 is 0 Å². The molecule has 2 aliphatic carbocycles. The van der Waals surface area contributed by atoms with Crippen molar-refractivity contribution in [2.24, 2.45) is 0 Å². The molecule has 1 unspecified atom stereocenters. The number of anilines is 1. The van der Waals surface area contributed by atoms with Crippen molar-refractivity contribution in [2.75, 3.05) is 26.0 Å². The Bertz CT molecular complexity index is 1170. The third-order valence-corrected chi connectivity index (χ3v) is 8.01. The van der Waals surface area contributed by atoms with Crippen LogP contribution in [0.4, 0.5) is 14.9 Å². The molecule has 2 aromatic rings. The van der Waals surface area contributed by atoms with E-state index in [1.165, 1.54) is 6.20 Å². The number of fused-ring (bicyclic) bond motifs is 3. The van der Waals surface area contributed by atoms with E-state index in [2.05, 4.69) is 15.1 Å². The molecule has 2 amide bonds. The molecule has 9 nitrogen and oxygen atoms in total. The highest BCUT2D eigenvalue weighted by atomic mass is 32.2. The normalized spacial score (nSPS) is 20.8. The van der Waals surface area contributed by atoms with E-state index in [0.29, 0.717) is 55.6 Å². The van der Waals surface area contributed by atoms with Crippen LogP contribution < -0.4 is 14.8 Å². The fourth-order valence-corrected chi connectivity index (χ4v) is 5.96. The number of hydrogen-bond donors (Lipinski definition) is 3. The van der Waals surface area contributed by atoms with Gasteiger partial charge in [0.1, 0.15) is 17.3 Å². The van der Waals surface area contributed by atoms with Crippen molar-refractivity contribution in [3.05, 3.63) is 34.3 Å². The zero-order valence-corrected chi connectivity index (χ0v) is 19.0. The predicted molar refractivity (Wildman–Crippen MR) is 117 cm³/mol. The molecule has 11 heteroatoms. The first kappa shape index (κ1) is 21.2. The van der Waals surface area contributed by atoms with Crippen LogP contribution in [0.15, 0.2) is 11.1 Å². The summed E-state index contributed by atoms with van der Waals surface area (Å²) >= 11 is 0. The number of urea groups is 1. The summed E-state index contributed by atoms with van der Waals surface area (Å²) in [6, 6.07) is -0.641. The fraction of sp³-hybridized carbons (Fsp3) is 0.524. The van der Waals surface area contributed by atoms with E-state index in [9.17, 15) is 13.4 Å². The molecular formula is C21H27FN6O3S. The van der Waals surface area contributed by atoms with Crippen LogP contribution in [0.25, 0.3) is 0 Å². The van der Waals surface area contributed by atoms with Crippen LogP contribution in [0, 0.1) is 10.6 Å². The van der Waals surface area contributed by atoms with Crippen LogP contribution in [-0.2, 0) is 42.1 Å². The highest BCUT2D eigenvalue weighted by Gasteiger charge is 2.32. The van der Waals surface area contributed by atoms with Gasteiger partial charge >= 0.3 is 6.03 Å². The van der Waals surface area contributed by atoms with Crippen LogP contribution in [0.1, 0.15) is 35.1 Å². The largest absolute Gasteiger partial charge is 0.475 e. The Morgan fingerprint density at radius 3 is 2.47 bits per heavy atom. The van der Waals surface area contributed by atoms with Gasteiger partial charge in [-0.15, -0.1) is 0 Å². The number of rotatable bonds is 4. The molecule has 2 atom stereocenters. The zero-order chi connectivity index (χ0) is 22.6. The van der Waals surface area contributed by atoms with Gasteiger partial charge in [0.05, 0.1) is 18.8 Å². The minimum absolute atomic E-state index is 0.0411. The van der Waals surface area contributed by atoms with Crippen LogP contribution in [0.3, 0.4) is 0 Å². The zero-order valence-electron chi connectivity index (χ0n) is 18.2. The number of hydrogen-bond acceptors (Lipinski definition) is 6. The second kappa shape index (κ2) is 7.73. The lowest BCUT2D eigenvalue weighted by atomic mass is 9.98. The molecular weight excluding hydrogens is 435 g/mol. The molecule has 1 aromatic carbocycles. The van der Waals surface area contributed by atoms with Crippen molar-refractivity contribution in [2.45, 2.75) is 56.0 Å². The molecule has 0 bridgehead atoms. The van der Waals surface area contributed by atoms with Crippen molar-refractivity contribution < 1.29 is 18.1 Å². The van der Waals surface area contributed by atoms with Crippen molar-refractivity contribution in [3.8, 4) is 5.88 Å². The monoisotopic (exact) mass is 462 g/mol. The number of halogens is 1. The van der Waals surface area contributed by atoms with Gasteiger partial charge in [0.15, 0.2) is 9.92 Å². The number of ether oxygens (including phenoxy) is 1. The number of likely N-dealkylation sites (N-methyl/N-ethyl adjacent to an activating group) is 1. The molecule has 0 saturated heterocycles. The van der Waals surface area contributed by atoms with E-state index >= 15 is 0 Å². The minimum Gasteiger partial charge on any atom is -0.475 e. The van der Waals surface area contributed by atoms with E-state index in [-0.39, 0.29) is 22.6 Å². The molecule has 5 rings (SSSR count). The summed E-state index contributed by atoms with van der Waals surface area (Å²) in [7, 11) is 0.163. The summed E-state index contributed by atoms with van der Waals surface area (Å²) < 4.78 is 46.0. The van der Waals surface area contributed by atoms with Crippen molar-refractivity contribution in [3.63, 3.8) is 0 Å². The fourth-order valence-electron chi connectivity index (χ4n) is 4.93. The van der Waals surface area contributed by atoms with Gasteiger partial charge in [-0.25, -0.2) is 27.6 Å². The molecule has 3 aliphatic rings. The van der Waals surface area contributed by atoms with Crippen molar-refractivity contribution >= 4 is 21.6 Å². The first-order valence-electron chi connectivity index (χ1n) is 10.8. The molecule has 172 valence electrons. The van der Waals surface area contributed by atoms with E-state index in [4.69, 9.17) is 9.52 Å². The number of nitrogens with one attached hydrogen (secondary N) is 3. The summed E-state index contributed by atoms with van der Waals surface area (Å²) in [5.41, 5.74) is 3.65. The van der Waals surface area contributed by atoms with Gasteiger partial charge in [-0.1, -0.05) is 0 Å². The topological polar surface area (TPSA) is 112 Å². The lowest BCUT2D eigenvalue weighted by molar-refractivity contribution is 0.117. The SMILES string of the molecule is CN(C)[C@H]1COc2c(S(=N)(=O)NC(=O)Nc3c4c(c(F)c5c3CCC5)CCC4)cnn2C1. The highest BCUT2D eigenvalue weighted by molar-refractivity contribution is 7.91. The first-order chi connectivity index (χ1) is 15.3. The predicted octanol–water partition coefficient (Wildman–Crippen LogP) is 2.46. The van der Waals surface area contributed by atoms with Gasteiger partial charge in [0.25, 0.3) is 0 Å². The molecule has 0 saturated carbocycles. The Labute approximate surface area is 186 Å². The van der Waals surface area contributed by atoms with E-state index < -0.39 is 15.9 Å². The summed E-state index contributed by atoms with van der Waals surface area (Å²) in [5, 5.41) is 7.00. The maximum atomic E-state index is 14.9. The average molecular weight is 463 g/mol. The molecule has 2 heterocycles. The van der Waals surface area contributed by atoms with E-state index in [1.54, 1.807) is 4.68 Å². The third-order valence-electron chi connectivity index (χ3n) is 6.64. The van der Waals surface area contributed by atoms with E-state index in [0.717, 1.165) is 24.0 Å². The van der Waals surface area contributed by atoms with Gasteiger partial charge in [0.2, 0.25) is 5.88 Å². The van der Waals surface area contributed by atoms with Gasteiger partial charge in [-0.3, -0.25) is 0 Å². The van der Waals surface area contributed by atoms with Gasteiger partial charge in [-0.2, -0.15) is 5.10 Å². The number of benzene rings is 1. The molecule has 1 aromatic heterocycles. The van der Waals surface area contributed by atoms with Gasteiger partial charge in [-0.05, 0) is 74.9 Å². The Kier molecular flexibility index (Phi) is 5.12. The quantitative estimate of drug-likeness (QED) is 0.646. The Hall–Kier alpha value is -2.66. The van der Waals surface area contributed by atoms with Gasteiger partial charge < -0.3 is 15.0 Å². The third kappa shape index (κ3) is 3.43. The minimum atomic E-state index is -3.71. The Balaban J connectivity index is 1.38. The molecule has 3 N–H and O–H groups in total. The summed E-state index contributed by atoms with van der Waals surface area (Å²) in [6.07, 6.45) is 5.72. The first-order valence-corrected chi connectivity index (χ1v) is 12.4. The second-order valence-corrected chi connectivity index (χ2v) is 10.6. The van der Waals surface area contributed by atoms with Crippen molar-refractivity contribution in [1.29, 1.82) is 4.78 Å². The van der Waals surface area contributed by atoms with E-state index in [1.807, 2.05) is 19.0 Å². The maximum absolute atomic E-state index is 14.9. The number of carbonyl (C=O) groups is 1. The molecule has 0 fully saturated rings. The molecule has 0 radical (unpaired) electrons. The molecule has 0 spiro atoms. The average Bonchev–Trinajstić information content (AvgIpc) is 3.49. The summed E-state index contributed by atoms with van der Waals surface area (Å²) in [4.78, 5) is 14.9. The maximum Gasteiger partial charge on any atom is 0.331 e. The lowest BCUT2D eigenvalue weighted by Crippen LogP contribution is -2.41. The van der Waals surface area contributed by atoms with Crippen LogP contribution in [-0.4, -0.2) is 51.7 Å².